The van der Waals surface area contributed by atoms with Crippen molar-refractivity contribution in [1.82, 2.24) is 5.32 Å². The summed E-state index contributed by atoms with van der Waals surface area (Å²) in [6, 6.07) is 0. The molecular formula is C8H20N2O2S. The fourth-order valence-corrected chi connectivity index (χ4v) is 1.44. The van der Waals surface area contributed by atoms with E-state index < -0.39 is 10.0 Å². The number of hydrogen-bond acceptors (Lipinski definition) is 3. The molecule has 0 aliphatic rings. The van der Waals surface area contributed by atoms with Crippen LogP contribution in [0.15, 0.2) is 0 Å². The van der Waals surface area contributed by atoms with Crippen LogP contribution in [0, 0.1) is 5.92 Å². The van der Waals surface area contributed by atoms with Gasteiger partial charge < -0.3 is 5.32 Å². The third-order valence-electron chi connectivity index (χ3n) is 1.97. The predicted molar refractivity (Wildman–Crippen MR) is 54.9 cm³/mol. The van der Waals surface area contributed by atoms with E-state index in [0.717, 1.165) is 19.5 Å². The summed E-state index contributed by atoms with van der Waals surface area (Å²) in [6.45, 7) is 5.96. The standard InChI is InChI=1S/C8H20N2O2S/c1-3-8(2)7-10-5-4-6-13(9,11)12/h8,10H,3-7H2,1-2H3,(H2,9,11,12). The average Bonchev–Trinajstić information content (AvgIpc) is 2.01. The Hall–Kier alpha value is -0.130. The van der Waals surface area contributed by atoms with Crippen molar-refractivity contribution < 1.29 is 8.42 Å². The highest BCUT2D eigenvalue weighted by atomic mass is 32.2. The molecule has 13 heavy (non-hydrogen) atoms. The van der Waals surface area contributed by atoms with Crippen molar-refractivity contribution in [3.63, 3.8) is 0 Å². The Kier molecular flexibility index (Phi) is 6.28. The SMILES string of the molecule is CCC(C)CNCCCS(N)(=O)=O. The van der Waals surface area contributed by atoms with Crippen LogP contribution >= 0.6 is 0 Å². The number of primary sulfonamides is 1. The molecule has 0 radical (unpaired) electrons. The van der Waals surface area contributed by atoms with Gasteiger partial charge in [-0.1, -0.05) is 20.3 Å². The largest absolute Gasteiger partial charge is 0.316 e. The minimum Gasteiger partial charge on any atom is -0.316 e. The molecule has 0 aromatic heterocycles. The number of rotatable bonds is 7. The lowest BCUT2D eigenvalue weighted by molar-refractivity contribution is 0.499. The molecule has 0 saturated carbocycles. The molecule has 4 nitrogen and oxygen atoms in total. The molecule has 0 saturated heterocycles. The first kappa shape index (κ1) is 12.9. The van der Waals surface area contributed by atoms with E-state index in [1.165, 1.54) is 0 Å². The van der Waals surface area contributed by atoms with E-state index in [1.54, 1.807) is 0 Å². The Balaban J connectivity index is 3.27. The Labute approximate surface area is 80.9 Å². The van der Waals surface area contributed by atoms with Crippen molar-refractivity contribution in [3.05, 3.63) is 0 Å². The quantitative estimate of drug-likeness (QED) is 0.591. The van der Waals surface area contributed by atoms with Crippen LogP contribution in [0.3, 0.4) is 0 Å². The summed E-state index contributed by atoms with van der Waals surface area (Å²) in [4.78, 5) is 0. The van der Waals surface area contributed by atoms with Crippen LogP contribution in [0.1, 0.15) is 26.7 Å². The van der Waals surface area contributed by atoms with Gasteiger partial charge in [-0.2, -0.15) is 0 Å². The minimum atomic E-state index is -3.27. The van der Waals surface area contributed by atoms with Gasteiger partial charge in [-0.15, -0.1) is 0 Å². The highest BCUT2D eigenvalue weighted by molar-refractivity contribution is 7.89. The molecule has 1 atom stereocenters. The number of hydrogen-bond donors (Lipinski definition) is 2. The Morgan fingerprint density at radius 2 is 2.08 bits per heavy atom. The van der Waals surface area contributed by atoms with E-state index in [-0.39, 0.29) is 5.75 Å². The number of sulfonamides is 1. The second kappa shape index (κ2) is 6.34. The molecular weight excluding hydrogens is 188 g/mol. The van der Waals surface area contributed by atoms with Crippen LogP contribution < -0.4 is 10.5 Å². The molecule has 0 aliphatic carbocycles. The molecule has 0 aromatic rings. The molecule has 0 spiro atoms. The zero-order valence-corrected chi connectivity index (χ0v) is 9.23. The lowest BCUT2D eigenvalue weighted by atomic mass is 10.1. The number of nitrogens with one attached hydrogen (secondary N) is 1. The van der Waals surface area contributed by atoms with Gasteiger partial charge in [-0.05, 0) is 25.4 Å². The zero-order valence-electron chi connectivity index (χ0n) is 8.41. The van der Waals surface area contributed by atoms with Gasteiger partial charge >= 0.3 is 0 Å². The fourth-order valence-electron chi connectivity index (χ4n) is 0.891. The van der Waals surface area contributed by atoms with E-state index in [1.807, 2.05) is 0 Å². The number of nitrogens with two attached hydrogens (primary N) is 1. The second-order valence-corrected chi connectivity index (χ2v) is 5.17. The van der Waals surface area contributed by atoms with E-state index in [4.69, 9.17) is 5.14 Å². The second-order valence-electron chi connectivity index (χ2n) is 3.44. The third kappa shape index (κ3) is 9.79. The zero-order chi connectivity index (χ0) is 10.3. The van der Waals surface area contributed by atoms with Crippen LogP contribution in [0.25, 0.3) is 0 Å². The Morgan fingerprint density at radius 3 is 2.54 bits per heavy atom. The van der Waals surface area contributed by atoms with Gasteiger partial charge in [0.25, 0.3) is 0 Å². The maximum Gasteiger partial charge on any atom is 0.209 e. The predicted octanol–water partition coefficient (Wildman–Crippen LogP) is 0.301. The highest BCUT2D eigenvalue weighted by Gasteiger charge is 2.01. The van der Waals surface area contributed by atoms with E-state index >= 15 is 0 Å². The highest BCUT2D eigenvalue weighted by Crippen LogP contribution is 1.96. The van der Waals surface area contributed by atoms with Crippen LogP contribution in [0.5, 0.6) is 0 Å². The summed E-state index contributed by atoms with van der Waals surface area (Å²) in [6.07, 6.45) is 1.73. The van der Waals surface area contributed by atoms with Crippen molar-refractivity contribution in [3.8, 4) is 0 Å². The van der Waals surface area contributed by atoms with Crippen molar-refractivity contribution in [1.29, 1.82) is 0 Å². The Morgan fingerprint density at radius 1 is 1.46 bits per heavy atom. The maximum absolute atomic E-state index is 10.5. The molecule has 1 unspecified atom stereocenters. The summed E-state index contributed by atoms with van der Waals surface area (Å²) in [5.74, 6) is 0.718. The Bertz CT molecular complexity index is 214. The molecule has 0 rings (SSSR count). The van der Waals surface area contributed by atoms with E-state index in [0.29, 0.717) is 12.3 Å². The molecule has 3 N–H and O–H groups in total. The topological polar surface area (TPSA) is 72.2 Å². The van der Waals surface area contributed by atoms with Crippen molar-refractivity contribution in [2.45, 2.75) is 26.7 Å². The van der Waals surface area contributed by atoms with Crippen LogP contribution in [-0.2, 0) is 10.0 Å². The average molecular weight is 208 g/mol. The molecule has 0 fully saturated rings. The summed E-state index contributed by atoms with van der Waals surface area (Å²) < 4.78 is 21.1. The summed E-state index contributed by atoms with van der Waals surface area (Å²) in [7, 11) is -3.27. The monoisotopic (exact) mass is 208 g/mol. The van der Waals surface area contributed by atoms with Gasteiger partial charge in [0.2, 0.25) is 10.0 Å². The van der Waals surface area contributed by atoms with Crippen molar-refractivity contribution in [2.75, 3.05) is 18.8 Å². The molecule has 5 heteroatoms. The summed E-state index contributed by atoms with van der Waals surface area (Å²) >= 11 is 0. The van der Waals surface area contributed by atoms with Gasteiger partial charge in [0.1, 0.15) is 0 Å². The minimum absolute atomic E-state index is 0.0699. The first-order valence-electron chi connectivity index (χ1n) is 4.67. The fraction of sp³-hybridized carbons (Fsp3) is 1.00. The first-order chi connectivity index (χ1) is 5.95. The van der Waals surface area contributed by atoms with Crippen LogP contribution in [0.2, 0.25) is 0 Å². The molecule has 0 heterocycles. The molecule has 0 amide bonds. The van der Waals surface area contributed by atoms with Gasteiger partial charge in [0.05, 0.1) is 5.75 Å². The lowest BCUT2D eigenvalue weighted by Gasteiger charge is -2.09. The van der Waals surface area contributed by atoms with E-state index in [9.17, 15) is 8.42 Å². The lowest BCUT2D eigenvalue weighted by Crippen LogP contribution is -2.25. The molecule has 80 valence electrons. The normalized spacial score (nSPS) is 14.4. The summed E-state index contributed by atoms with van der Waals surface area (Å²) in [5.41, 5.74) is 0. The molecule has 0 aromatic carbocycles. The smallest absolute Gasteiger partial charge is 0.209 e. The van der Waals surface area contributed by atoms with Gasteiger partial charge in [0.15, 0.2) is 0 Å². The molecule has 0 bridgehead atoms. The van der Waals surface area contributed by atoms with Gasteiger partial charge in [-0.3, -0.25) is 0 Å². The summed E-state index contributed by atoms with van der Waals surface area (Å²) in [5, 5.41) is 8.04. The third-order valence-corrected chi connectivity index (χ3v) is 2.83. The van der Waals surface area contributed by atoms with Crippen LogP contribution in [0.4, 0.5) is 0 Å². The maximum atomic E-state index is 10.5. The first-order valence-corrected chi connectivity index (χ1v) is 6.38. The van der Waals surface area contributed by atoms with Crippen LogP contribution in [-0.4, -0.2) is 27.3 Å². The van der Waals surface area contributed by atoms with Gasteiger partial charge in [-0.25, -0.2) is 13.6 Å². The van der Waals surface area contributed by atoms with Gasteiger partial charge in [0, 0.05) is 0 Å². The van der Waals surface area contributed by atoms with Crippen molar-refractivity contribution in [2.24, 2.45) is 11.1 Å². The van der Waals surface area contributed by atoms with Crippen molar-refractivity contribution >= 4 is 10.0 Å². The van der Waals surface area contributed by atoms with E-state index in [2.05, 4.69) is 19.2 Å². The molecule has 0 aliphatic heterocycles.